The molecule has 4 heteroatoms. The molecular weight excluding hydrogens is 184 g/mol. The molecule has 0 aliphatic heterocycles. The van der Waals surface area contributed by atoms with E-state index in [4.69, 9.17) is 4.74 Å². The number of likely N-dealkylation sites (N-methyl/N-ethyl adjacent to an activating group) is 1. The average molecular weight is 200 g/mol. The van der Waals surface area contributed by atoms with Crippen molar-refractivity contribution in [3.05, 3.63) is 16.6 Å². The van der Waals surface area contributed by atoms with Crippen LogP contribution in [0.4, 0.5) is 0 Å². The fraction of sp³-hybridized carbons (Fsp3) is 0.667. The fourth-order valence-corrected chi connectivity index (χ4v) is 1.80. The van der Waals surface area contributed by atoms with Gasteiger partial charge in [0.1, 0.15) is 0 Å². The first kappa shape index (κ1) is 10.6. The predicted molar refractivity (Wildman–Crippen MR) is 55.0 cm³/mol. The van der Waals surface area contributed by atoms with Crippen molar-refractivity contribution in [2.45, 2.75) is 19.9 Å². The van der Waals surface area contributed by atoms with Gasteiger partial charge in [0.2, 0.25) is 0 Å². The van der Waals surface area contributed by atoms with Crippen molar-refractivity contribution in [1.29, 1.82) is 0 Å². The Morgan fingerprint density at radius 3 is 3.00 bits per heavy atom. The lowest BCUT2D eigenvalue weighted by Crippen LogP contribution is -2.24. The quantitative estimate of drug-likeness (QED) is 0.760. The van der Waals surface area contributed by atoms with Gasteiger partial charge in [0.05, 0.1) is 18.2 Å². The molecule has 0 aromatic carbocycles. The van der Waals surface area contributed by atoms with Gasteiger partial charge in [-0.25, -0.2) is 0 Å². The maximum absolute atomic E-state index is 5.39. The van der Waals surface area contributed by atoms with Gasteiger partial charge in [-0.1, -0.05) is 6.92 Å². The average Bonchev–Trinajstić information content (AvgIpc) is 2.65. The Kier molecular flexibility index (Phi) is 4.97. The number of aromatic nitrogens is 1. The Bertz CT molecular complexity index is 213. The van der Waals surface area contributed by atoms with E-state index in [9.17, 15) is 0 Å². The molecule has 3 nitrogen and oxygen atoms in total. The molecule has 0 amide bonds. The molecule has 0 radical (unpaired) electrons. The molecule has 0 spiro atoms. The van der Waals surface area contributed by atoms with Gasteiger partial charge in [-0.3, -0.25) is 4.98 Å². The van der Waals surface area contributed by atoms with Crippen molar-refractivity contribution in [3.8, 4) is 0 Å². The highest BCUT2D eigenvalue weighted by Gasteiger charge is 2.10. The van der Waals surface area contributed by atoms with Gasteiger partial charge < -0.3 is 10.1 Å². The van der Waals surface area contributed by atoms with Gasteiger partial charge >= 0.3 is 0 Å². The summed E-state index contributed by atoms with van der Waals surface area (Å²) in [7, 11) is 0. The summed E-state index contributed by atoms with van der Waals surface area (Å²) in [4.78, 5) is 5.30. The number of ether oxygens (including phenoxy) is 1. The van der Waals surface area contributed by atoms with Crippen LogP contribution in [0.25, 0.3) is 0 Å². The molecule has 1 N–H and O–H groups in total. The predicted octanol–water partition coefficient (Wildman–Crippen LogP) is 1.83. The molecule has 0 aliphatic rings. The lowest BCUT2D eigenvalue weighted by Gasteiger charge is -2.15. The molecule has 1 aromatic rings. The van der Waals surface area contributed by atoms with E-state index in [1.165, 1.54) is 4.88 Å². The van der Waals surface area contributed by atoms with Gasteiger partial charge in [0.25, 0.3) is 0 Å². The van der Waals surface area contributed by atoms with E-state index in [2.05, 4.69) is 17.2 Å². The summed E-state index contributed by atoms with van der Waals surface area (Å²) >= 11 is 1.67. The SMILES string of the molecule is CCNC(COCC)c1cncs1. The van der Waals surface area contributed by atoms with E-state index in [-0.39, 0.29) is 0 Å². The summed E-state index contributed by atoms with van der Waals surface area (Å²) in [6.45, 7) is 6.55. The van der Waals surface area contributed by atoms with E-state index >= 15 is 0 Å². The number of thiazole rings is 1. The molecule has 1 atom stereocenters. The summed E-state index contributed by atoms with van der Waals surface area (Å²) < 4.78 is 5.39. The van der Waals surface area contributed by atoms with Crippen LogP contribution in [0.5, 0.6) is 0 Å². The van der Waals surface area contributed by atoms with Crippen LogP contribution >= 0.6 is 11.3 Å². The lowest BCUT2D eigenvalue weighted by molar-refractivity contribution is 0.124. The zero-order valence-electron chi connectivity index (χ0n) is 8.12. The first-order valence-corrected chi connectivity index (χ1v) is 5.46. The largest absolute Gasteiger partial charge is 0.380 e. The Morgan fingerprint density at radius 1 is 1.62 bits per heavy atom. The van der Waals surface area contributed by atoms with Gasteiger partial charge in [-0.15, -0.1) is 11.3 Å². The van der Waals surface area contributed by atoms with Crippen LogP contribution in [0.15, 0.2) is 11.7 Å². The molecular formula is C9H16N2OS. The van der Waals surface area contributed by atoms with E-state index in [1.54, 1.807) is 11.3 Å². The first-order valence-electron chi connectivity index (χ1n) is 4.58. The standard InChI is InChI=1S/C9H16N2OS/c1-3-11-8(6-12-4-2)9-5-10-7-13-9/h5,7-8,11H,3-4,6H2,1-2H3. The minimum absolute atomic E-state index is 0.303. The van der Waals surface area contributed by atoms with E-state index in [0.29, 0.717) is 6.04 Å². The molecule has 74 valence electrons. The van der Waals surface area contributed by atoms with Gasteiger partial charge in [0, 0.05) is 17.7 Å². The normalized spacial score (nSPS) is 13.1. The highest BCUT2D eigenvalue weighted by Crippen LogP contribution is 2.17. The number of hydrogen-bond donors (Lipinski definition) is 1. The smallest absolute Gasteiger partial charge is 0.0794 e. The molecule has 1 aromatic heterocycles. The topological polar surface area (TPSA) is 34.1 Å². The molecule has 0 fully saturated rings. The van der Waals surface area contributed by atoms with Crippen LogP contribution in [0.1, 0.15) is 24.8 Å². The Balaban J connectivity index is 2.47. The number of rotatable bonds is 6. The molecule has 1 heterocycles. The Labute approximate surface area is 83.1 Å². The third-order valence-corrected chi connectivity index (χ3v) is 2.62. The maximum Gasteiger partial charge on any atom is 0.0794 e. The van der Waals surface area contributed by atoms with Crippen LogP contribution in [0, 0.1) is 0 Å². The van der Waals surface area contributed by atoms with E-state index < -0.39 is 0 Å². The summed E-state index contributed by atoms with van der Waals surface area (Å²) in [6.07, 6.45) is 1.90. The third-order valence-electron chi connectivity index (χ3n) is 1.73. The minimum atomic E-state index is 0.303. The van der Waals surface area contributed by atoms with Gasteiger partial charge in [-0.05, 0) is 13.5 Å². The van der Waals surface area contributed by atoms with Crippen LogP contribution in [-0.2, 0) is 4.74 Å². The van der Waals surface area contributed by atoms with E-state index in [1.807, 2.05) is 18.6 Å². The van der Waals surface area contributed by atoms with Gasteiger partial charge in [-0.2, -0.15) is 0 Å². The third kappa shape index (κ3) is 3.42. The zero-order valence-corrected chi connectivity index (χ0v) is 8.93. The summed E-state index contributed by atoms with van der Waals surface area (Å²) in [6, 6.07) is 0.303. The zero-order chi connectivity index (χ0) is 9.52. The van der Waals surface area contributed by atoms with Crippen LogP contribution in [0.3, 0.4) is 0 Å². The fourth-order valence-electron chi connectivity index (χ4n) is 1.12. The van der Waals surface area contributed by atoms with Crippen molar-refractivity contribution >= 4 is 11.3 Å². The summed E-state index contributed by atoms with van der Waals surface area (Å²) in [5, 5.41) is 3.37. The Morgan fingerprint density at radius 2 is 2.46 bits per heavy atom. The van der Waals surface area contributed by atoms with Crippen molar-refractivity contribution in [2.24, 2.45) is 0 Å². The van der Waals surface area contributed by atoms with Crippen molar-refractivity contribution < 1.29 is 4.74 Å². The number of nitrogens with zero attached hydrogens (tertiary/aromatic N) is 1. The second kappa shape index (κ2) is 6.07. The number of hydrogen-bond acceptors (Lipinski definition) is 4. The molecule has 0 aliphatic carbocycles. The van der Waals surface area contributed by atoms with Gasteiger partial charge in [0.15, 0.2) is 0 Å². The minimum Gasteiger partial charge on any atom is -0.380 e. The lowest BCUT2D eigenvalue weighted by atomic mass is 10.3. The van der Waals surface area contributed by atoms with Crippen LogP contribution < -0.4 is 5.32 Å². The molecule has 0 bridgehead atoms. The second-order valence-corrected chi connectivity index (χ2v) is 3.59. The highest BCUT2D eigenvalue weighted by atomic mass is 32.1. The molecule has 13 heavy (non-hydrogen) atoms. The molecule has 0 saturated carbocycles. The summed E-state index contributed by atoms with van der Waals surface area (Å²) in [5.74, 6) is 0. The number of nitrogens with one attached hydrogen (secondary N) is 1. The van der Waals surface area contributed by atoms with E-state index in [0.717, 1.165) is 19.8 Å². The van der Waals surface area contributed by atoms with Crippen LogP contribution in [0.2, 0.25) is 0 Å². The molecule has 1 rings (SSSR count). The van der Waals surface area contributed by atoms with Crippen molar-refractivity contribution in [3.63, 3.8) is 0 Å². The van der Waals surface area contributed by atoms with Crippen LogP contribution in [-0.4, -0.2) is 24.7 Å². The monoisotopic (exact) mass is 200 g/mol. The van der Waals surface area contributed by atoms with Crippen molar-refractivity contribution in [1.82, 2.24) is 10.3 Å². The van der Waals surface area contributed by atoms with Crippen molar-refractivity contribution in [2.75, 3.05) is 19.8 Å². The first-order chi connectivity index (χ1) is 6.38. The second-order valence-electron chi connectivity index (χ2n) is 2.67. The highest BCUT2D eigenvalue weighted by molar-refractivity contribution is 7.09. The summed E-state index contributed by atoms with van der Waals surface area (Å²) in [5.41, 5.74) is 1.85. The molecule has 0 saturated heterocycles. The Hall–Kier alpha value is -0.450. The molecule has 1 unspecified atom stereocenters. The maximum atomic E-state index is 5.39.